The molecular weight excluding hydrogens is 459 g/mol. The first-order chi connectivity index (χ1) is 14.9. The van der Waals surface area contributed by atoms with Crippen molar-refractivity contribution < 1.29 is 19.1 Å². The number of nitrogens with one attached hydrogen (secondary N) is 2. The maximum Gasteiger partial charge on any atom is 0.338 e. The number of hydrogen-bond donors (Lipinski definition) is 2. The fourth-order valence-corrected chi connectivity index (χ4v) is 4.17. The molecular formula is C22H22Cl2N2O4S. The smallest absolute Gasteiger partial charge is 0.338 e. The van der Waals surface area contributed by atoms with Crippen molar-refractivity contribution in [3.63, 3.8) is 0 Å². The van der Waals surface area contributed by atoms with E-state index in [0.717, 1.165) is 25.7 Å². The summed E-state index contributed by atoms with van der Waals surface area (Å²) in [5.74, 6) is -0.512. The van der Waals surface area contributed by atoms with Crippen LogP contribution in [0.5, 0.6) is 5.75 Å². The first-order valence-corrected chi connectivity index (χ1v) is 11.0. The quantitative estimate of drug-likeness (QED) is 0.427. The van der Waals surface area contributed by atoms with Gasteiger partial charge in [0.1, 0.15) is 6.10 Å². The molecule has 0 aromatic heterocycles. The summed E-state index contributed by atoms with van der Waals surface area (Å²) in [6.45, 7) is 0. The lowest BCUT2D eigenvalue weighted by atomic mass is 9.98. The van der Waals surface area contributed by atoms with Gasteiger partial charge in [0.05, 0.1) is 22.7 Å². The SMILES string of the molecule is COc1c(Cl)cc(C(=O)NC(=S)Nc2ccc(C(=O)OC3CCCCC3)cc2)cc1Cl. The van der Waals surface area contributed by atoms with E-state index < -0.39 is 5.91 Å². The topological polar surface area (TPSA) is 76.7 Å². The summed E-state index contributed by atoms with van der Waals surface area (Å²) >= 11 is 17.3. The second-order valence-electron chi connectivity index (χ2n) is 7.12. The van der Waals surface area contributed by atoms with Crippen LogP contribution < -0.4 is 15.4 Å². The molecule has 0 aliphatic heterocycles. The van der Waals surface area contributed by atoms with Crippen molar-refractivity contribution in [3.05, 3.63) is 57.6 Å². The van der Waals surface area contributed by atoms with Crippen molar-refractivity contribution in [3.8, 4) is 5.75 Å². The van der Waals surface area contributed by atoms with E-state index in [4.69, 9.17) is 44.9 Å². The van der Waals surface area contributed by atoms with Gasteiger partial charge in [-0.05, 0) is 74.3 Å². The Labute approximate surface area is 196 Å². The molecule has 164 valence electrons. The molecule has 1 aliphatic rings. The van der Waals surface area contributed by atoms with E-state index in [-0.39, 0.29) is 32.8 Å². The molecule has 0 heterocycles. The highest BCUT2D eigenvalue weighted by atomic mass is 35.5. The molecule has 1 aliphatic carbocycles. The van der Waals surface area contributed by atoms with Gasteiger partial charge in [-0.15, -0.1) is 0 Å². The monoisotopic (exact) mass is 480 g/mol. The first kappa shape index (κ1) is 23.3. The Morgan fingerprint density at radius 1 is 1.00 bits per heavy atom. The van der Waals surface area contributed by atoms with Crippen molar-refractivity contribution in [1.29, 1.82) is 0 Å². The Kier molecular flexibility index (Phi) is 8.12. The Morgan fingerprint density at radius 2 is 1.61 bits per heavy atom. The number of benzene rings is 2. The van der Waals surface area contributed by atoms with Crippen LogP contribution >= 0.6 is 35.4 Å². The second-order valence-corrected chi connectivity index (χ2v) is 8.35. The fourth-order valence-electron chi connectivity index (χ4n) is 3.32. The van der Waals surface area contributed by atoms with Crippen LogP contribution in [0, 0.1) is 0 Å². The average molecular weight is 481 g/mol. The lowest BCUT2D eigenvalue weighted by molar-refractivity contribution is 0.0211. The van der Waals surface area contributed by atoms with Gasteiger partial charge >= 0.3 is 5.97 Å². The van der Waals surface area contributed by atoms with Crippen LogP contribution in [0.2, 0.25) is 10.0 Å². The summed E-state index contributed by atoms with van der Waals surface area (Å²) in [6.07, 6.45) is 5.23. The summed E-state index contributed by atoms with van der Waals surface area (Å²) in [5.41, 5.74) is 1.32. The number of rotatable bonds is 5. The summed E-state index contributed by atoms with van der Waals surface area (Å²) in [5, 5.41) is 5.98. The number of hydrogen-bond acceptors (Lipinski definition) is 5. The summed E-state index contributed by atoms with van der Waals surface area (Å²) < 4.78 is 10.6. The number of carbonyl (C=O) groups excluding carboxylic acids is 2. The van der Waals surface area contributed by atoms with Crippen molar-refractivity contribution in [2.75, 3.05) is 12.4 Å². The number of halogens is 2. The van der Waals surface area contributed by atoms with E-state index >= 15 is 0 Å². The first-order valence-electron chi connectivity index (χ1n) is 9.84. The van der Waals surface area contributed by atoms with E-state index in [0.29, 0.717) is 17.0 Å². The van der Waals surface area contributed by atoms with Gasteiger partial charge in [-0.25, -0.2) is 4.79 Å². The molecule has 0 spiro atoms. The highest BCUT2D eigenvalue weighted by Gasteiger charge is 2.19. The molecule has 2 aromatic rings. The highest BCUT2D eigenvalue weighted by molar-refractivity contribution is 7.80. The second kappa shape index (κ2) is 10.8. The lowest BCUT2D eigenvalue weighted by Gasteiger charge is -2.21. The van der Waals surface area contributed by atoms with E-state index in [9.17, 15) is 9.59 Å². The minimum atomic E-state index is -0.475. The summed E-state index contributed by atoms with van der Waals surface area (Å²) in [6, 6.07) is 9.57. The molecule has 9 heteroatoms. The molecule has 0 saturated heterocycles. The Hall–Kier alpha value is -2.35. The van der Waals surface area contributed by atoms with Crippen LogP contribution in [-0.4, -0.2) is 30.2 Å². The van der Waals surface area contributed by atoms with E-state index in [1.165, 1.54) is 25.7 Å². The third-order valence-electron chi connectivity index (χ3n) is 4.90. The van der Waals surface area contributed by atoms with Gasteiger partial charge < -0.3 is 14.8 Å². The van der Waals surface area contributed by atoms with Gasteiger partial charge in [0, 0.05) is 11.3 Å². The standard InChI is InChI=1S/C22H22Cl2N2O4S/c1-29-19-17(23)11-14(12-18(19)24)20(27)26-22(31)25-15-9-7-13(8-10-15)21(28)30-16-5-3-2-4-6-16/h7-12,16H,2-6H2,1H3,(H2,25,26,27,31). The van der Waals surface area contributed by atoms with Crippen LogP contribution in [0.3, 0.4) is 0 Å². The molecule has 1 saturated carbocycles. The highest BCUT2D eigenvalue weighted by Crippen LogP contribution is 2.33. The van der Waals surface area contributed by atoms with Crippen LogP contribution in [0.25, 0.3) is 0 Å². The summed E-state index contributed by atoms with van der Waals surface area (Å²) in [7, 11) is 1.44. The third kappa shape index (κ3) is 6.32. The van der Waals surface area contributed by atoms with E-state index in [1.54, 1.807) is 24.3 Å². The largest absolute Gasteiger partial charge is 0.494 e. The number of methoxy groups -OCH3 is 1. The van der Waals surface area contributed by atoms with Crippen molar-refractivity contribution in [2.24, 2.45) is 0 Å². The minimum Gasteiger partial charge on any atom is -0.494 e. The van der Waals surface area contributed by atoms with Gasteiger partial charge in [0.25, 0.3) is 5.91 Å². The van der Waals surface area contributed by atoms with Gasteiger partial charge in [-0.1, -0.05) is 29.6 Å². The molecule has 0 atom stereocenters. The number of anilines is 1. The number of thiocarbonyl (C=S) groups is 1. The number of amides is 1. The molecule has 0 bridgehead atoms. The zero-order valence-corrected chi connectivity index (χ0v) is 19.2. The van der Waals surface area contributed by atoms with Crippen LogP contribution in [0.15, 0.2) is 36.4 Å². The number of carbonyl (C=O) groups is 2. The molecule has 1 amide bonds. The molecule has 1 fully saturated rings. The number of ether oxygens (including phenoxy) is 2. The van der Waals surface area contributed by atoms with E-state index in [1.807, 2.05) is 0 Å². The molecule has 2 aromatic carbocycles. The molecule has 6 nitrogen and oxygen atoms in total. The predicted octanol–water partition coefficient (Wildman–Crippen LogP) is 5.62. The zero-order chi connectivity index (χ0) is 22.4. The van der Waals surface area contributed by atoms with E-state index in [2.05, 4.69) is 10.6 Å². The predicted molar refractivity (Wildman–Crippen MR) is 125 cm³/mol. The Bertz CT molecular complexity index is 953. The molecule has 2 N–H and O–H groups in total. The van der Waals surface area contributed by atoms with Gasteiger partial charge in [-0.2, -0.15) is 0 Å². The minimum absolute atomic E-state index is 0.00167. The fraction of sp³-hybridized carbons (Fsp3) is 0.318. The zero-order valence-electron chi connectivity index (χ0n) is 16.9. The molecule has 0 radical (unpaired) electrons. The van der Waals surface area contributed by atoms with Crippen LogP contribution in [0.1, 0.15) is 52.8 Å². The van der Waals surface area contributed by atoms with Gasteiger partial charge in [-0.3, -0.25) is 10.1 Å². The Morgan fingerprint density at radius 3 is 2.19 bits per heavy atom. The van der Waals surface area contributed by atoms with Crippen molar-refractivity contribution in [1.82, 2.24) is 5.32 Å². The lowest BCUT2D eigenvalue weighted by Crippen LogP contribution is -2.34. The molecule has 0 unspecified atom stereocenters. The van der Waals surface area contributed by atoms with Crippen LogP contribution in [0.4, 0.5) is 5.69 Å². The maximum absolute atomic E-state index is 12.4. The van der Waals surface area contributed by atoms with Gasteiger partial charge in [0.2, 0.25) is 0 Å². The third-order valence-corrected chi connectivity index (χ3v) is 5.66. The normalized spacial score (nSPS) is 13.9. The Balaban J connectivity index is 1.55. The molecule has 31 heavy (non-hydrogen) atoms. The number of esters is 1. The van der Waals surface area contributed by atoms with Crippen molar-refractivity contribution in [2.45, 2.75) is 38.2 Å². The summed E-state index contributed by atoms with van der Waals surface area (Å²) in [4.78, 5) is 24.7. The van der Waals surface area contributed by atoms with Crippen LogP contribution in [-0.2, 0) is 4.74 Å². The van der Waals surface area contributed by atoms with Gasteiger partial charge in [0.15, 0.2) is 10.9 Å². The molecule has 3 rings (SSSR count). The maximum atomic E-state index is 12.4. The van der Waals surface area contributed by atoms with Crippen molar-refractivity contribution >= 4 is 58.1 Å². The average Bonchev–Trinajstić information content (AvgIpc) is 2.74.